The van der Waals surface area contributed by atoms with Crippen molar-refractivity contribution < 1.29 is 31.1 Å². The average molecular weight is 433 g/mol. The molecule has 6 nitrogen and oxygen atoms in total. The number of carbonyl (C=O) groups is 1. The Kier molecular flexibility index (Phi) is 6.25. The predicted molar refractivity (Wildman–Crippen MR) is 93.0 cm³/mol. The molecule has 30 heavy (non-hydrogen) atoms. The lowest BCUT2D eigenvalue weighted by molar-refractivity contribution is -0.145. The third-order valence-electron chi connectivity index (χ3n) is 4.68. The minimum absolute atomic E-state index is 0.0291. The third kappa shape index (κ3) is 4.86. The van der Waals surface area contributed by atoms with Crippen molar-refractivity contribution in [3.05, 3.63) is 41.7 Å². The summed E-state index contributed by atoms with van der Waals surface area (Å²) in [7, 11) is 0. The number of aromatic nitrogens is 3. The first-order chi connectivity index (χ1) is 14.1. The molecule has 2 aromatic heterocycles. The summed E-state index contributed by atoms with van der Waals surface area (Å²) in [6.45, 7) is 1.27. The van der Waals surface area contributed by atoms with Crippen molar-refractivity contribution in [2.24, 2.45) is 0 Å². The topological polar surface area (TPSA) is 79.8 Å². The van der Waals surface area contributed by atoms with Gasteiger partial charge in [-0.15, -0.1) is 0 Å². The van der Waals surface area contributed by atoms with Gasteiger partial charge in [-0.2, -0.15) is 13.2 Å². The summed E-state index contributed by atoms with van der Waals surface area (Å²) < 4.78 is 77.9. The average Bonchev–Trinajstić information content (AvgIpc) is 3.04. The maximum atomic E-state index is 13.6. The molecule has 2 N–H and O–H groups in total. The molecule has 0 bridgehead atoms. The van der Waals surface area contributed by atoms with Gasteiger partial charge in [-0.05, 0) is 18.6 Å². The molecule has 3 unspecified atom stereocenters. The minimum Gasteiger partial charge on any atom is -0.351 e. The lowest BCUT2D eigenvalue weighted by Gasteiger charge is -2.14. The molecule has 1 saturated heterocycles. The second kappa shape index (κ2) is 8.54. The number of pyridine rings is 1. The predicted octanol–water partition coefficient (Wildman–Crippen LogP) is 3.20. The monoisotopic (exact) mass is 433 g/mol. The number of alkyl halides is 6. The van der Waals surface area contributed by atoms with Crippen LogP contribution in [0.1, 0.15) is 36.9 Å². The van der Waals surface area contributed by atoms with Crippen LogP contribution in [-0.4, -0.2) is 39.1 Å². The molecule has 2 aromatic rings. The highest BCUT2D eigenvalue weighted by molar-refractivity contribution is 5.82. The summed E-state index contributed by atoms with van der Waals surface area (Å²) in [4.78, 5) is 22.3. The van der Waals surface area contributed by atoms with E-state index in [1.165, 1.54) is 6.07 Å². The first-order valence-corrected chi connectivity index (χ1v) is 8.90. The largest absolute Gasteiger partial charge is 0.451 e. The number of rotatable bonds is 5. The first-order valence-electron chi connectivity index (χ1n) is 8.90. The smallest absolute Gasteiger partial charge is 0.351 e. The molecule has 1 amide bonds. The summed E-state index contributed by atoms with van der Waals surface area (Å²) >= 11 is 0. The van der Waals surface area contributed by atoms with Gasteiger partial charge in [-0.3, -0.25) is 9.78 Å². The number of amides is 1. The second-order valence-corrected chi connectivity index (χ2v) is 6.84. The Hall–Kier alpha value is -2.76. The van der Waals surface area contributed by atoms with Crippen molar-refractivity contribution in [2.45, 2.75) is 50.7 Å². The highest BCUT2D eigenvalue weighted by Gasteiger charge is 2.35. The van der Waals surface area contributed by atoms with Crippen LogP contribution in [0.4, 0.5) is 26.3 Å². The molecule has 0 saturated carbocycles. The molecule has 0 radical (unpaired) electrons. The molecular formula is C18H17F6N5O. The number of carbonyl (C=O) groups excluding carboxylic acids is 1. The zero-order valence-electron chi connectivity index (χ0n) is 15.6. The molecule has 0 aliphatic carbocycles. The van der Waals surface area contributed by atoms with Gasteiger partial charge in [-0.1, -0.05) is 0 Å². The van der Waals surface area contributed by atoms with Crippen LogP contribution in [0.2, 0.25) is 0 Å². The lowest BCUT2D eigenvalue weighted by atomic mass is 10.1. The molecule has 3 heterocycles. The fraction of sp³-hybridized carbons (Fsp3) is 0.444. The van der Waals surface area contributed by atoms with Crippen LogP contribution in [0.15, 0.2) is 24.7 Å². The molecule has 3 atom stereocenters. The summed E-state index contributed by atoms with van der Waals surface area (Å²) in [6.07, 6.45) is -6.00. The van der Waals surface area contributed by atoms with Crippen LogP contribution in [0, 0.1) is 0 Å². The molecular weight excluding hydrogens is 416 g/mol. The summed E-state index contributed by atoms with van der Waals surface area (Å²) in [6, 6.07) is -0.0184. The molecule has 12 heteroatoms. The molecule has 162 valence electrons. The summed E-state index contributed by atoms with van der Waals surface area (Å²) in [5, 5.41) is 5.24. The van der Waals surface area contributed by atoms with Crippen LogP contribution in [0.3, 0.4) is 0 Å². The van der Waals surface area contributed by atoms with Crippen LogP contribution in [0.25, 0.3) is 11.1 Å². The highest BCUT2D eigenvalue weighted by atomic mass is 19.4. The van der Waals surface area contributed by atoms with Gasteiger partial charge in [0.1, 0.15) is 11.9 Å². The van der Waals surface area contributed by atoms with Crippen molar-refractivity contribution in [1.29, 1.82) is 0 Å². The Labute approximate surface area is 167 Å². The number of hydrogen-bond acceptors (Lipinski definition) is 5. The maximum absolute atomic E-state index is 13.6. The number of nitrogens with one attached hydrogen (secondary N) is 2. The Balaban J connectivity index is 1.79. The highest BCUT2D eigenvalue weighted by Crippen LogP contribution is 2.29. The van der Waals surface area contributed by atoms with Gasteiger partial charge in [0, 0.05) is 48.7 Å². The SMILES string of the molecule is CC1NC(C(=O)NCc2cc(-c3cnc(C(F)(F)F)nc3)cnc2C(F)F)CC1F. The quantitative estimate of drug-likeness (QED) is 0.708. The van der Waals surface area contributed by atoms with E-state index >= 15 is 0 Å². The van der Waals surface area contributed by atoms with Crippen LogP contribution < -0.4 is 10.6 Å². The van der Waals surface area contributed by atoms with Crippen molar-refractivity contribution in [3.8, 4) is 11.1 Å². The summed E-state index contributed by atoms with van der Waals surface area (Å²) in [5.74, 6) is -1.88. The van der Waals surface area contributed by atoms with Gasteiger partial charge in [0.25, 0.3) is 6.43 Å². The van der Waals surface area contributed by atoms with Crippen molar-refractivity contribution >= 4 is 5.91 Å². The van der Waals surface area contributed by atoms with E-state index in [1.54, 1.807) is 6.92 Å². The fourth-order valence-corrected chi connectivity index (χ4v) is 3.05. The molecule has 0 spiro atoms. The maximum Gasteiger partial charge on any atom is 0.451 e. The van der Waals surface area contributed by atoms with E-state index in [2.05, 4.69) is 25.6 Å². The van der Waals surface area contributed by atoms with Crippen LogP contribution in [-0.2, 0) is 17.5 Å². The molecule has 1 aliphatic rings. The number of halogens is 6. The fourth-order valence-electron chi connectivity index (χ4n) is 3.05. The van der Waals surface area contributed by atoms with E-state index in [0.29, 0.717) is 0 Å². The van der Waals surface area contributed by atoms with Crippen LogP contribution in [0.5, 0.6) is 0 Å². The molecule has 1 aliphatic heterocycles. The second-order valence-electron chi connectivity index (χ2n) is 6.84. The zero-order valence-corrected chi connectivity index (χ0v) is 15.6. The van der Waals surface area contributed by atoms with E-state index in [-0.39, 0.29) is 29.7 Å². The Morgan fingerprint density at radius 3 is 2.37 bits per heavy atom. The third-order valence-corrected chi connectivity index (χ3v) is 4.68. The first kappa shape index (κ1) is 21.9. The van der Waals surface area contributed by atoms with Crippen molar-refractivity contribution in [3.63, 3.8) is 0 Å². The lowest BCUT2D eigenvalue weighted by Crippen LogP contribution is -2.42. The Morgan fingerprint density at radius 1 is 1.20 bits per heavy atom. The van der Waals surface area contributed by atoms with E-state index in [0.717, 1.165) is 18.6 Å². The van der Waals surface area contributed by atoms with Gasteiger partial charge in [0.2, 0.25) is 11.7 Å². The van der Waals surface area contributed by atoms with E-state index in [9.17, 15) is 31.1 Å². The number of hydrogen-bond donors (Lipinski definition) is 2. The van der Waals surface area contributed by atoms with E-state index in [1.807, 2.05) is 0 Å². The standard InChI is InChI=1S/C18H17F6N5O/c1-8-12(19)3-13(29-8)16(30)26-5-10-2-9(4-25-14(10)15(20)21)11-6-27-17(28-7-11)18(22,23)24/h2,4,6-8,12-13,15,29H,3,5H2,1H3,(H,26,30). The van der Waals surface area contributed by atoms with Gasteiger partial charge in [0.15, 0.2) is 0 Å². The van der Waals surface area contributed by atoms with Crippen molar-refractivity contribution in [2.75, 3.05) is 0 Å². The van der Waals surface area contributed by atoms with Gasteiger partial charge >= 0.3 is 6.18 Å². The molecule has 1 fully saturated rings. The molecule has 3 rings (SSSR count). The van der Waals surface area contributed by atoms with Gasteiger partial charge < -0.3 is 10.6 Å². The molecule has 0 aromatic carbocycles. The Morgan fingerprint density at radius 2 is 1.83 bits per heavy atom. The van der Waals surface area contributed by atoms with Gasteiger partial charge in [0.05, 0.1) is 6.04 Å². The van der Waals surface area contributed by atoms with Crippen molar-refractivity contribution in [1.82, 2.24) is 25.6 Å². The zero-order chi connectivity index (χ0) is 22.1. The Bertz CT molecular complexity index is 895. The minimum atomic E-state index is -4.71. The normalized spacial score (nSPS) is 21.8. The summed E-state index contributed by atoms with van der Waals surface area (Å²) in [5.41, 5.74) is -0.272. The van der Waals surface area contributed by atoms with Crippen LogP contribution >= 0.6 is 0 Å². The number of nitrogens with zero attached hydrogens (tertiary/aromatic N) is 3. The van der Waals surface area contributed by atoms with E-state index in [4.69, 9.17) is 0 Å². The van der Waals surface area contributed by atoms with E-state index < -0.39 is 48.3 Å². The van der Waals surface area contributed by atoms with Gasteiger partial charge in [-0.25, -0.2) is 23.1 Å².